The minimum Gasteiger partial charge on any atom is -0.454 e. The molecule has 0 spiro atoms. The molecule has 0 saturated carbocycles. The van der Waals surface area contributed by atoms with E-state index in [9.17, 15) is 4.79 Å². The number of hydrogen-bond acceptors (Lipinski definition) is 4. The van der Waals surface area contributed by atoms with Crippen molar-refractivity contribution in [2.24, 2.45) is 0 Å². The molecule has 0 aliphatic carbocycles. The van der Waals surface area contributed by atoms with Crippen molar-refractivity contribution < 1.29 is 14.3 Å². The number of ether oxygens (including phenoxy) is 2. The van der Waals surface area contributed by atoms with Gasteiger partial charge in [-0.05, 0) is 55.2 Å². The predicted octanol–water partition coefficient (Wildman–Crippen LogP) is 4.24. The lowest BCUT2D eigenvalue weighted by molar-refractivity contribution is -0.116. The molecule has 1 fully saturated rings. The number of aryl methyl sites for hydroxylation is 1. The third-order valence-electron chi connectivity index (χ3n) is 4.76. The van der Waals surface area contributed by atoms with Gasteiger partial charge in [-0.1, -0.05) is 17.7 Å². The van der Waals surface area contributed by atoms with Crippen molar-refractivity contribution in [3.05, 3.63) is 47.0 Å². The normalized spacial score (nSPS) is 15.3. The number of hydrogen-bond donors (Lipinski definition) is 1. The first-order valence-electron chi connectivity index (χ1n) is 8.92. The molecule has 5 nitrogen and oxygen atoms in total. The van der Waals surface area contributed by atoms with Crippen LogP contribution in [0.4, 0.5) is 11.4 Å². The number of rotatable bonds is 5. The first kappa shape index (κ1) is 17.0. The van der Waals surface area contributed by atoms with Crippen molar-refractivity contribution in [3.8, 4) is 11.5 Å². The van der Waals surface area contributed by atoms with Gasteiger partial charge < -0.3 is 19.7 Å². The van der Waals surface area contributed by atoms with Gasteiger partial charge in [-0.3, -0.25) is 4.79 Å². The van der Waals surface area contributed by atoms with Crippen molar-refractivity contribution in [1.29, 1.82) is 0 Å². The molecule has 0 aromatic heterocycles. The van der Waals surface area contributed by atoms with E-state index in [1.165, 1.54) is 12.8 Å². The number of carbonyl (C=O) groups excluding carboxylic acids is 1. The fraction of sp³-hybridized carbons (Fsp3) is 0.350. The molecule has 0 radical (unpaired) electrons. The van der Waals surface area contributed by atoms with Gasteiger partial charge in [0, 0.05) is 24.5 Å². The summed E-state index contributed by atoms with van der Waals surface area (Å²) in [7, 11) is 0. The highest BCUT2D eigenvalue weighted by Gasteiger charge is 2.18. The van der Waals surface area contributed by atoms with Crippen LogP contribution in [0.1, 0.15) is 24.8 Å². The number of benzene rings is 2. The molecule has 6 heteroatoms. The van der Waals surface area contributed by atoms with Gasteiger partial charge >= 0.3 is 0 Å². The molecule has 2 heterocycles. The molecular formula is C20H21ClN2O3. The zero-order valence-electron chi connectivity index (χ0n) is 14.5. The number of halogens is 1. The minimum atomic E-state index is -0.0228. The average molecular weight is 373 g/mol. The van der Waals surface area contributed by atoms with E-state index in [2.05, 4.69) is 10.2 Å². The summed E-state index contributed by atoms with van der Waals surface area (Å²) >= 11 is 6.14. The first-order valence-corrected chi connectivity index (χ1v) is 9.30. The van der Waals surface area contributed by atoms with Gasteiger partial charge in [0.15, 0.2) is 11.5 Å². The summed E-state index contributed by atoms with van der Waals surface area (Å²) in [6, 6.07) is 11.5. The van der Waals surface area contributed by atoms with E-state index >= 15 is 0 Å². The molecular weight excluding hydrogens is 352 g/mol. The summed E-state index contributed by atoms with van der Waals surface area (Å²) in [4.78, 5) is 14.8. The Morgan fingerprint density at radius 1 is 1.08 bits per heavy atom. The van der Waals surface area contributed by atoms with Crippen LogP contribution in [0.2, 0.25) is 5.02 Å². The van der Waals surface area contributed by atoms with E-state index in [0.717, 1.165) is 41.5 Å². The van der Waals surface area contributed by atoms with Crippen molar-refractivity contribution >= 4 is 28.9 Å². The van der Waals surface area contributed by atoms with Gasteiger partial charge in [0.05, 0.1) is 11.4 Å². The number of nitrogens with zero attached hydrogens (tertiary/aromatic N) is 1. The molecule has 136 valence electrons. The highest BCUT2D eigenvalue weighted by molar-refractivity contribution is 6.31. The van der Waals surface area contributed by atoms with Crippen molar-refractivity contribution in [2.45, 2.75) is 25.7 Å². The number of fused-ring (bicyclic) bond motifs is 1. The van der Waals surface area contributed by atoms with Gasteiger partial charge in [0.25, 0.3) is 0 Å². The number of carbonyl (C=O) groups is 1. The Hall–Kier alpha value is -2.40. The lowest BCUT2D eigenvalue weighted by atomic mass is 10.1. The highest BCUT2D eigenvalue weighted by Crippen LogP contribution is 2.33. The summed E-state index contributed by atoms with van der Waals surface area (Å²) in [6.45, 7) is 2.29. The fourth-order valence-corrected chi connectivity index (χ4v) is 3.58. The molecule has 1 saturated heterocycles. The number of anilines is 2. The maximum atomic E-state index is 12.5. The summed E-state index contributed by atoms with van der Waals surface area (Å²) in [6.07, 6.45) is 3.40. The van der Waals surface area contributed by atoms with E-state index in [1.54, 1.807) is 0 Å². The standard InChI is InChI=1S/C20H21ClN2O3/c21-15-5-6-17(23-9-1-2-10-23)16(12-15)22-20(24)8-4-14-3-7-18-19(11-14)26-13-25-18/h3,5-7,11-12H,1-2,4,8-10,13H2,(H,22,24). The van der Waals surface area contributed by atoms with E-state index in [4.69, 9.17) is 21.1 Å². The Kier molecular flexibility index (Phi) is 4.89. The SMILES string of the molecule is O=C(CCc1ccc2c(c1)OCO2)Nc1cc(Cl)ccc1N1CCCC1. The lowest BCUT2D eigenvalue weighted by Gasteiger charge is -2.22. The van der Waals surface area contributed by atoms with Crippen LogP contribution in [0.25, 0.3) is 0 Å². The van der Waals surface area contributed by atoms with Crippen LogP contribution in [-0.2, 0) is 11.2 Å². The molecule has 2 aromatic rings. The van der Waals surface area contributed by atoms with Crippen LogP contribution >= 0.6 is 11.6 Å². The lowest BCUT2D eigenvalue weighted by Crippen LogP contribution is -2.21. The van der Waals surface area contributed by atoms with Crippen molar-refractivity contribution in [2.75, 3.05) is 30.1 Å². The Morgan fingerprint density at radius 3 is 2.73 bits per heavy atom. The molecule has 1 N–H and O–H groups in total. The molecule has 1 amide bonds. The second-order valence-electron chi connectivity index (χ2n) is 6.59. The van der Waals surface area contributed by atoms with Gasteiger partial charge in [-0.15, -0.1) is 0 Å². The van der Waals surface area contributed by atoms with Gasteiger partial charge in [0.1, 0.15) is 0 Å². The summed E-state index contributed by atoms with van der Waals surface area (Å²) < 4.78 is 10.7. The average Bonchev–Trinajstić information content (AvgIpc) is 3.31. The van der Waals surface area contributed by atoms with Gasteiger partial charge in [-0.2, -0.15) is 0 Å². The smallest absolute Gasteiger partial charge is 0.231 e. The van der Waals surface area contributed by atoms with Crippen LogP contribution in [0.15, 0.2) is 36.4 Å². The summed E-state index contributed by atoms with van der Waals surface area (Å²) in [5.41, 5.74) is 2.88. The number of amides is 1. The molecule has 2 aliphatic rings. The third-order valence-corrected chi connectivity index (χ3v) is 4.99. The quantitative estimate of drug-likeness (QED) is 0.852. The summed E-state index contributed by atoms with van der Waals surface area (Å²) in [5.74, 6) is 1.48. The highest BCUT2D eigenvalue weighted by atomic mass is 35.5. The third kappa shape index (κ3) is 3.73. The second-order valence-corrected chi connectivity index (χ2v) is 7.03. The van der Waals surface area contributed by atoms with E-state index in [-0.39, 0.29) is 12.7 Å². The summed E-state index contributed by atoms with van der Waals surface area (Å²) in [5, 5.41) is 3.65. The molecule has 0 bridgehead atoms. The zero-order valence-corrected chi connectivity index (χ0v) is 15.2. The molecule has 2 aliphatic heterocycles. The van der Waals surface area contributed by atoms with Crippen molar-refractivity contribution in [3.63, 3.8) is 0 Å². The maximum Gasteiger partial charge on any atom is 0.231 e. The predicted molar refractivity (Wildman–Crippen MR) is 102 cm³/mol. The maximum absolute atomic E-state index is 12.5. The largest absolute Gasteiger partial charge is 0.454 e. The van der Waals surface area contributed by atoms with E-state index in [0.29, 0.717) is 17.9 Å². The van der Waals surface area contributed by atoms with Crippen LogP contribution in [0.5, 0.6) is 11.5 Å². The van der Waals surface area contributed by atoms with Crippen molar-refractivity contribution in [1.82, 2.24) is 0 Å². The number of nitrogens with one attached hydrogen (secondary N) is 1. The Labute approximate surface area is 157 Å². The van der Waals surface area contributed by atoms with Crippen LogP contribution in [0.3, 0.4) is 0 Å². The second kappa shape index (κ2) is 7.46. The molecule has 4 rings (SSSR count). The van der Waals surface area contributed by atoms with Crippen LogP contribution in [-0.4, -0.2) is 25.8 Å². The Bertz CT molecular complexity index is 819. The Balaban J connectivity index is 1.41. The van der Waals surface area contributed by atoms with E-state index in [1.807, 2.05) is 36.4 Å². The Morgan fingerprint density at radius 2 is 1.88 bits per heavy atom. The molecule has 0 atom stereocenters. The molecule has 26 heavy (non-hydrogen) atoms. The van der Waals surface area contributed by atoms with Crippen LogP contribution < -0.4 is 19.7 Å². The fourth-order valence-electron chi connectivity index (χ4n) is 3.41. The topological polar surface area (TPSA) is 50.8 Å². The van der Waals surface area contributed by atoms with E-state index < -0.39 is 0 Å². The molecule has 2 aromatic carbocycles. The monoisotopic (exact) mass is 372 g/mol. The zero-order chi connectivity index (χ0) is 17.9. The minimum absolute atomic E-state index is 0.0228. The molecule has 0 unspecified atom stereocenters. The first-order chi connectivity index (χ1) is 12.7. The van der Waals surface area contributed by atoms with Gasteiger partial charge in [0.2, 0.25) is 12.7 Å². The van der Waals surface area contributed by atoms with Crippen LogP contribution in [0, 0.1) is 0 Å². The van der Waals surface area contributed by atoms with Gasteiger partial charge in [-0.25, -0.2) is 0 Å².